The van der Waals surface area contributed by atoms with E-state index in [2.05, 4.69) is 0 Å². The predicted molar refractivity (Wildman–Crippen MR) is 72.9 cm³/mol. The fourth-order valence-electron chi connectivity index (χ4n) is 2.39. The van der Waals surface area contributed by atoms with E-state index in [4.69, 9.17) is 4.74 Å². The number of hydrogen-bond acceptors (Lipinski definition) is 4. The molecule has 1 aromatic rings. The first kappa shape index (κ1) is 15.7. The Bertz CT molecular complexity index is 648. The van der Waals surface area contributed by atoms with Crippen molar-refractivity contribution >= 4 is 21.8 Å². The van der Waals surface area contributed by atoms with Gasteiger partial charge in [0.05, 0.1) is 18.0 Å². The average molecular weight is 319 g/mol. The fourth-order valence-corrected chi connectivity index (χ4v) is 3.18. The van der Waals surface area contributed by atoms with Gasteiger partial charge >= 0.3 is 10.2 Å². The largest absolute Gasteiger partial charge is 0.492 e. The summed E-state index contributed by atoms with van der Waals surface area (Å²) in [6, 6.07) is 3.74. The Morgan fingerprint density at radius 2 is 2.14 bits per heavy atom. The maximum atomic E-state index is 13.2. The van der Waals surface area contributed by atoms with Gasteiger partial charge in [-0.3, -0.25) is 4.79 Å². The molecule has 0 N–H and O–H groups in total. The van der Waals surface area contributed by atoms with E-state index in [1.54, 1.807) is 6.92 Å². The number of carbonyl (C=O) groups is 1. The van der Waals surface area contributed by atoms with Crippen molar-refractivity contribution in [2.45, 2.75) is 13.3 Å². The number of nitrogens with zero attached hydrogens (tertiary/aromatic N) is 1. The Balaban J connectivity index is 2.24. The molecule has 0 saturated carbocycles. The Kier molecular flexibility index (Phi) is 4.46. The first-order chi connectivity index (χ1) is 9.80. The molecule has 0 aromatic heterocycles. The lowest BCUT2D eigenvalue weighted by atomic mass is 10.1. The Morgan fingerprint density at radius 1 is 1.43 bits per heavy atom. The van der Waals surface area contributed by atoms with Crippen LogP contribution in [-0.4, -0.2) is 33.2 Å². The molecule has 2 rings (SSSR count). The molecule has 1 fully saturated rings. The molecule has 1 atom stereocenters. The van der Waals surface area contributed by atoms with Crippen LogP contribution in [0.5, 0.6) is 5.75 Å². The lowest BCUT2D eigenvalue weighted by Crippen LogP contribution is -2.26. The van der Waals surface area contributed by atoms with E-state index < -0.39 is 27.7 Å². The molecule has 0 spiro atoms. The summed E-state index contributed by atoms with van der Waals surface area (Å²) in [4.78, 5) is 13.3. The molecular weight excluding hydrogens is 304 g/mol. The summed E-state index contributed by atoms with van der Waals surface area (Å²) in [5.41, 5.74) is 0.363. The van der Waals surface area contributed by atoms with Gasteiger partial charge in [0.2, 0.25) is 5.91 Å². The minimum atomic E-state index is -4.63. The molecule has 21 heavy (non-hydrogen) atoms. The number of anilines is 1. The minimum absolute atomic E-state index is 0.0632. The molecule has 1 aromatic carbocycles. The summed E-state index contributed by atoms with van der Waals surface area (Å²) in [7, 11) is -4.63. The average Bonchev–Trinajstić information content (AvgIpc) is 2.68. The highest BCUT2D eigenvalue weighted by molar-refractivity contribution is 7.86. The number of ether oxygens (including phenoxy) is 1. The summed E-state index contributed by atoms with van der Waals surface area (Å²) in [6.45, 7) is 2.08. The SMILES string of the molecule is CCOc1cc(F)ccc1N1CC(CS(=O)(=O)F)CC1=O. The van der Waals surface area contributed by atoms with Crippen LogP contribution in [0.15, 0.2) is 18.2 Å². The molecule has 5 nitrogen and oxygen atoms in total. The number of amides is 1. The van der Waals surface area contributed by atoms with E-state index in [-0.39, 0.29) is 24.6 Å². The van der Waals surface area contributed by atoms with Gasteiger partial charge in [-0.15, -0.1) is 3.89 Å². The van der Waals surface area contributed by atoms with Gasteiger partial charge < -0.3 is 9.64 Å². The molecule has 1 aliphatic rings. The van der Waals surface area contributed by atoms with Crippen LogP contribution in [0.2, 0.25) is 0 Å². The van der Waals surface area contributed by atoms with Crippen LogP contribution in [0, 0.1) is 11.7 Å². The van der Waals surface area contributed by atoms with E-state index in [1.165, 1.54) is 17.0 Å². The zero-order chi connectivity index (χ0) is 15.6. The third-order valence-electron chi connectivity index (χ3n) is 3.15. The summed E-state index contributed by atoms with van der Waals surface area (Å²) in [5.74, 6) is -1.95. The molecule has 8 heteroatoms. The number of benzene rings is 1. The van der Waals surface area contributed by atoms with Crippen LogP contribution in [0.1, 0.15) is 13.3 Å². The van der Waals surface area contributed by atoms with Gasteiger partial charge in [0.15, 0.2) is 0 Å². The molecule has 116 valence electrons. The lowest BCUT2D eigenvalue weighted by molar-refractivity contribution is -0.117. The predicted octanol–water partition coefficient (Wildman–Crippen LogP) is 1.88. The fraction of sp³-hybridized carbons (Fsp3) is 0.462. The summed E-state index contributed by atoms with van der Waals surface area (Å²) < 4.78 is 52.6. The number of halogens is 2. The zero-order valence-corrected chi connectivity index (χ0v) is 12.2. The van der Waals surface area contributed by atoms with E-state index in [0.717, 1.165) is 6.07 Å². The number of rotatable bonds is 5. The summed E-state index contributed by atoms with van der Waals surface area (Å²) in [5, 5.41) is 0. The van der Waals surface area contributed by atoms with Gasteiger partial charge in [-0.05, 0) is 19.1 Å². The second kappa shape index (κ2) is 5.97. The Hall–Kier alpha value is -1.70. The number of carbonyl (C=O) groups excluding carboxylic acids is 1. The van der Waals surface area contributed by atoms with Crippen molar-refractivity contribution in [3.05, 3.63) is 24.0 Å². The second-order valence-electron chi connectivity index (χ2n) is 4.83. The van der Waals surface area contributed by atoms with Crippen LogP contribution in [0.3, 0.4) is 0 Å². The molecule has 0 radical (unpaired) electrons. The van der Waals surface area contributed by atoms with Crippen LogP contribution in [-0.2, 0) is 15.0 Å². The van der Waals surface area contributed by atoms with Crippen molar-refractivity contribution in [1.29, 1.82) is 0 Å². The standard InChI is InChI=1S/C13H15F2NO4S/c1-2-20-12-6-10(14)3-4-11(12)16-7-9(5-13(16)17)8-21(15,18)19/h3-4,6,9H,2,5,7-8H2,1H3. The quantitative estimate of drug-likeness (QED) is 0.777. The van der Waals surface area contributed by atoms with Crippen LogP contribution >= 0.6 is 0 Å². The van der Waals surface area contributed by atoms with Crippen molar-refractivity contribution in [3.63, 3.8) is 0 Å². The highest BCUT2D eigenvalue weighted by Gasteiger charge is 2.34. The molecule has 1 saturated heterocycles. The molecule has 1 aliphatic heterocycles. The highest BCUT2D eigenvalue weighted by atomic mass is 32.3. The van der Waals surface area contributed by atoms with E-state index in [9.17, 15) is 21.5 Å². The second-order valence-corrected chi connectivity index (χ2v) is 6.24. The van der Waals surface area contributed by atoms with Crippen molar-refractivity contribution in [1.82, 2.24) is 0 Å². The van der Waals surface area contributed by atoms with Crippen LogP contribution in [0.4, 0.5) is 14.0 Å². The van der Waals surface area contributed by atoms with Gasteiger partial charge in [-0.2, -0.15) is 8.42 Å². The molecule has 1 unspecified atom stereocenters. The van der Waals surface area contributed by atoms with E-state index in [0.29, 0.717) is 12.3 Å². The van der Waals surface area contributed by atoms with Gasteiger partial charge in [0.1, 0.15) is 11.6 Å². The van der Waals surface area contributed by atoms with Crippen LogP contribution < -0.4 is 9.64 Å². The zero-order valence-electron chi connectivity index (χ0n) is 11.4. The highest BCUT2D eigenvalue weighted by Crippen LogP contribution is 2.34. The van der Waals surface area contributed by atoms with Crippen molar-refractivity contribution in [2.24, 2.45) is 5.92 Å². The maximum absolute atomic E-state index is 13.2. The molecular formula is C13H15F2NO4S. The monoisotopic (exact) mass is 319 g/mol. The van der Waals surface area contributed by atoms with Gasteiger partial charge in [-0.25, -0.2) is 4.39 Å². The van der Waals surface area contributed by atoms with Crippen LogP contribution in [0.25, 0.3) is 0 Å². The summed E-state index contributed by atoms with van der Waals surface area (Å²) >= 11 is 0. The van der Waals surface area contributed by atoms with Gasteiger partial charge in [0.25, 0.3) is 0 Å². The van der Waals surface area contributed by atoms with Gasteiger partial charge in [-0.1, -0.05) is 0 Å². The van der Waals surface area contributed by atoms with Crippen molar-refractivity contribution in [3.8, 4) is 5.75 Å². The van der Waals surface area contributed by atoms with Gasteiger partial charge in [0, 0.05) is 24.9 Å². The normalized spacial score (nSPS) is 19.1. The first-order valence-electron chi connectivity index (χ1n) is 6.45. The topological polar surface area (TPSA) is 63.7 Å². The third kappa shape index (κ3) is 3.90. The third-order valence-corrected chi connectivity index (χ3v) is 4.02. The molecule has 1 amide bonds. The maximum Gasteiger partial charge on any atom is 0.302 e. The van der Waals surface area contributed by atoms with Crippen molar-refractivity contribution in [2.75, 3.05) is 23.8 Å². The van der Waals surface area contributed by atoms with E-state index >= 15 is 0 Å². The Labute approximate surface area is 121 Å². The molecule has 0 aliphatic carbocycles. The van der Waals surface area contributed by atoms with E-state index in [1.807, 2.05) is 0 Å². The lowest BCUT2D eigenvalue weighted by Gasteiger charge is -2.20. The number of hydrogen-bond donors (Lipinski definition) is 0. The molecule has 1 heterocycles. The summed E-state index contributed by atoms with van der Waals surface area (Å²) in [6.07, 6.45) is -0.0634. The first-order valence-corrected chi connectivity index (χ1v) is 8.00. The molecule has 0 bridgehead atoms. The smallest absolute Gasteiger partial charge is 0.302 e. The van der Waals surface area contributed by atoms with Crippen molar-refractivity contribution < 1.29 is 26.2 Å². The Morgan fingerprint density at radius 3 is 2.76 bits per heavy atom. The minimum Gasteiger partial charge on any atom is -0.492 e.